The third-order valence-electron chi connectivity index (χ3n) is 16.6. The minimum absolute atomic E-state index is 0. The molecule has 0 aromatic heterocycles. The van der Waals surface area contributed by atoms with Crippen LogP contribution >= 0.6 is 50.9 Å². The largest absolute Gasteiger partial charge is 0.343 e. The van der Waals surface area contributed by atoms with Gasteiger partial charge in [-0.25, -0.2) is 0 Å². The molecule has 0 saturated carbocycles. The van der Waals surface area contributed by atoms with E-state index in [2.05, 4.69) is 47.9 Å². The van der Waals surface area contributed by atoms with Crippen LogP contribution in [0.25, 0.3) is 0 Å². The van der Waals surface area contributed by atoms with E-state index in [0.29, 0.717) is 24.0 Å². The van der Waals surface area contributed by atoms with E-state index in [1.165, 1.54) is 9.80 Å². The number of carbonyl (C=O) groups excluding carboxylic acids is 11. The molecular formula is C65H105Br3N14O11. The fourth-order valence-electron chi connectivity index (χ4n) is 11.7. The van der Waals surface area contributed by atoms with Crippen molar-refractivity contribution >= 4 is 116 Å². The average Bonchev–Trinajstić information content (AvgIpc) is 1.78. The van der Waals surface area contributed by atoms with Gasteiger partial charge in [-0.3, -0.25) is 52.7 Å². The molecule has 0 unspecified atom stereocenters. The number of carbonyl (C=O) groups is 11. The van der Waals surface area contributed by atoms with Crippen molar-refractivity contribution in [2.75, 3.05) is 32.7 Å². The Hall–Kier alpha value is -6.07. The van der Waals surface area contributed by atoms with Gasteiger partial charge >= 0.3 is 0 Å². The zero-order valence-corrected chi connectivity index (χ0v) is 60.3. The van der Waals surface area contributed by atoms with E-state index in [4.69, 9.17) is 17.2 Å². The van der Waals surface area contributed by atoms with Crippen LogP contribution in [0.1, 0.15) is 144 Å². The monoisotopic (exact) mass is 1490 g/mol. The van der Waals surface area contributed by atoms with E-state index in [-0.39, 0.29) is 173 Å². The molecule has 28 heteroatoms. The van der Waals surface area contributed by atoms with Crippen molar-refractivity contribution in [1.82, 2.24) is 57.7 Å². The van der Waals surface area contributed by atoms with Gasteiger partial charge in [-0.2, -0.15) is 0 Å². The van der Waals surface area contributed by atoms with Crippen LogP contribution in [0.2, 0.25) is 0 Å². The molecule has 2 aromatic rings. The Morgan fingerprint density at radius 3 is 0.946 bits per heavy atom. The van der Waals surface area contributed by atoms with Gasteiger partial charge in [-0.15, -0.1) is 50.9 Å². The lowest BCUT2D eigenvalue weighted by atomic mass is 9.99. The number of nitrogens with zero attached hydrogens (tertiary/aromatic N) is 2. The minimum atomic E-state index is -1.27. The van der Waals surface area contributed by atoms with Crippen molar-refractivity contribution in [3.8, 4) is 0 Å². The number of rotatable bonds is 19. The summed E-state index contributed by atoms with van der Waals surface area (Å²) in [5, 5.41) is 25.6. The lowest BCUT2D eigenvalue weighted by Gasteiger charge is -2.32. The van der Waals surface area contributed by atoms with Crippen LogP contribution in [0.4, 0.5) is 0 Å². The van der Waals surface area contributed by atoms with Crippen molar-refractivity contribution < 1.29 is 52.7 Å². The van der Waals surface area contributed by atoms with Crippen LogP contribution in [0.5, 0.6) is 0 Å². The van der Waals surface area contributed by atoms with Crippen molar-refractivity contribution in [2.45, 2.75) is 212 Å². The lowest BCUT2D eigenvalue weighted by Crippen LogP contribution is -2.61. The summed E-state index contributed by atoms with van der Waals surface area (Å²) in [6.45, 7) is 15.0. The lowest BCUT2D eigenvalue weighted by molar-refractivity contribution is -0.143. The van der Waals surface area contributed by atoms with Crippen LogP contribution in [0.15, 0.2) is 60.7 Å². The van der Waals surface area contributed by atoms with E-state index in [0.717, 1.165) is 0 Å². The van der Waals surface area contributed by atoms with Gasteiger partial charge in [-0.1, -0.05) is 116 Å². The Morgan fingerprint density at radius 2 is 0.656 bits per heavy atom. The average molecular weight is 1500 g/mol. The first-order valence-electron chi connectivity index (χ1n) is 32.4. The van der Waals surface area contributed by atoms with Crippen LogP contribution in [-0.2, 0) is 65.6 Å². The van der Waals surface area contributed by atoms with Gasteiger partial charge in [0.15, 0.2) is 0 Å². The number of halogens is 3. The van der Waals surface area contributed by atoms with E-state index < -0.39 is 143 Å². The van der Waals surface area contributed by atoms with E-state index in [9.17, 15) is 52.7 Å². The molecule has 3 saturated heterocycles. The molecule has 3 aliphatic rings. The highest BCUT2D eigenvalue weighted by molar-refractivity contribution is 8.93. The van der Waals surface area contributed by atoms with Gasteiger partial charge < -0.3 is 74.9 Å². The molecule has 11 atom stereocenters. The van der Waals surface area contributed by atoms with E-state index in [1.807, 2.05) is 27.7 Å². The number of fused-ring (bicyclic) bond motifs is 2. The van der Waals surface area contributed by atoms with Gasteiger partial charge in [0.05, 0.1) is 0 Å². The summed E-state index contributed by atoms with van der Waals surface area (Å²) >= 11 is 0. The van der Waals surface area contributed by atoms with Gasteiger partial charge in [-0.05, 0) is 131 Å². The second-order valence-electron chi connectivity index (χ2n) is 25.7. The Bertz CT molecular complexity index is 2750. The molecule has 15 N–H and O–H groups in total. The van der Waals surface area contributed by atoms with Gasteiger partial charge in [0.2, 0.25) is 65.0 Å². The molecule has 2 aromatic carbocycles. The molecule has 0 bridgehead atoms. The van der Waals surface area contributed by atoms with Gasteiger partial charge in [0, 0.05) is 25.9 Å². The van der Waals surface area contributed by atoms with E-state index in [1.54, 1.807) is 88.4 Å². The molecule has 11 amide bonds. The number of nitrogens with one attached hydrogen (secondary N) is 9. The fourth-order valence-corrected chi connectivity index (χ4v) is 11.7. The molecule has 0 radical (unpaired) electrons. The molecular weight excluding hydrogens is 1390 g/mol. The summed E-state index contributed by atoms with van der Waals surface area (Å²) in [4.78, 5) is 164. The topological polar surface area (TPSA) is 381 Å². The first kappa shape index (κ1) is 83.0. The summed E-state index contributed by atoms with van der Waals surface area (Å²) in [7, 11) is 0. The highest BCUT2D eigenvalue weighted by atomic mass is 79.9. The Kier molecular flexibility index (Phi) is 37.2. The first-order valence-corrected chi connectivity index (χ1v) is 32.4. The summed E-state index contributed by atoms with van der Waals surface area (Å²) in [6.07, 6.45) is 2.44. The van der Waals surface area contributed by atoms with Crippen LogP contribution in [0, 0.1) is 23.7 Å². The SMILES string of the molecule is Br.Br.Br.CC(C)C[C@@H]1NC(=O)[C@H](CCCN)NC(=O)[C@H](C(C)C)NC(=O)[C@@H]2CCCN2C(=O)[C@@H](Cc2ccccc2)NC(=O)[C@H](CC(C)C)NC(=O)[C@H](CCCN)NC(=O)[C@H](C(C)C)NC(=O)[C@@H]2CCCN2C(=O)[C@@H](Cc2ccccc2)NC(=O)[C@H](CCCN)NC1=O. The summed E-state index contributed by atoms with van der Waals surface area (Å²) < 4.78 is 0. The van der Waals surface area contributed by atoms with Gasteiger partial charge in [0.25, 0.3) is 0 Å². The Morgan fingerprint density at radius 1 is 0.376 bits per heavy atom. The first-order chi connectivity index (χ1) is 42.9. The second kappa shape index (κ2) is 41.7. The number of hydrogen-bond acceptors (Lipinski definition) is 14. The number of benzene rings is 2. The third-order valence-corrected chi connectivity index (χ3v) is 16.6. The van der Waals surface area contributed by atoms with Crippen LogP contribution < -0.4 is 65.1 Å². The van der Waals surface area contributed by atoms with Crippen molar-refractivity contribution in [3.63, 3.8) is 0 Å². The second-order valence-corrected chi connectivity index (χ2v) is 25.7. The predicted octanol–water partition coefficient (Wildman–Crippen LogP) is 2.19. The van der Waals surface area contributed by atoms with E-state index >= 15 is 0 Å². The van der Waals surface area contributed by atoms with Crippen LogP contribution in [0.3, 0.4) is 0 Å². The Labute approximate surface area is 580 Å². The molecule has 93 heavy (non-hydrogen) atoms. The highest BCUT2D eigenvalue weighted by Gasteiger charge is 2.43. The Balaban J connectivity index is 0.00000982. The third kappa shape index (κ3) is 25.5. The van der Waals surface area contributed by atoms with Crippen molar-refractivity contribution in [1.29, 1.82) is 0 Å². The number of amides is 11. The smallest absolute Gasteiger partial charge is 0.246 e. The van der Waals surface area contributed by atoms with Gasteiger partial charge in [0.1, 0.15) is 66.5 Å². The summed E-state index contributed by atoms with van der Waals surface area (Å²) in [5.41, 5.74) is 19.2. The molecule has 0 spiro atoms. The number of nitrogens with two attached hydrogens (primary N) is 3. The normalized spacial score (nSPS) is 25.6. The molecule has 3 fully saturated rings. The van der Waals surface area contributed by atoms with Crippen molar-refractivity contribution in [2.24, 2.45) is 40.9 Å². The van der Waals surface area contributed by atoms with Crippen molar-refractivity contribution in [3.05, 3.63) is 71.8 Å². The fraction of sp³-hybridized carbons (Fsp3) is 0.646. The summed E-state index contributed by atoms with van der Waals surface area (Å²) in [6, 6.07) is 4.55. The van der Waals surface area contributed by atoms with Crippen LogP contribution in [-0.4, -0.2) is 174 Å². The molecule has 3 aliphatic heterocycles. The maximum Gasteiger partial charge on any atom is 0.246 e. The number of hydrogen-bond donors (Lipinski definition) is 12. The summed E-state index contributed by atoms with van der Waals surface area (Å²) in [5.74, 6) is -8.90. The quantitative estimate of drug-likeness (QED) is 0.0960. The zero-order chi connectivity index (χ0) is 66.2. The predicted molar refractivity (Wildman–Crippen MR) is 372 cm³/mol. The standard InChI is InChI=1S/C65H102N14O11.3BrH/c1-38(2)34-47-58(83)69-44(24-15-29-66)57(82)74-49(36-42-20-11-9-12-21-42)64(89)78-32-18-27-51(78)60(85)76-54(41(7)8)63(88)71-46(26-17-31-68)56(81)73-48(35-39(3)4)59(84)75-50(37-43-22-13-10-14-23-43)65(90)79-33-19-28-52(79)61(86)77-53(40(5)6)62(87)70-45(25-16-30-67)55(80)72-47;;;/h9-14,20-23,38-41,44-54H,15-19,24-37,66-68H2,1-8H3,(H,69,83)(H,70,87)(H,71,88)(H,72,80)(H,73,81)(H,74,82)(H,75,84)(H,76,85)(H,77,86);3*1H/t44-,45-,46-,47-,48-,49+,50+,51-,52-,53-,54-;;;/m0.../s1. The minimum Gasteiger partial charge on any atom is -0.343 e. The molecule has 0 aliphatic carbocycles. The molecule has 522 valence electrons. The molecule has 5 rings (SSSR count). The maximum atomic E-state index is 15.0. The zero-order valence-electron chi connectivity index (χ0n) is 55.2. The maximum absolute atomic E-state index is 15.0. The molecule has 3 heterocycles. The highest BCUT2D eigenvalue weighted by Crippen LogP contribution is 2.24. The molecule has 25 nitrogen and oxygen atoms in total.